The van der Waals surface area contributed by atoms with Crippen LogP contribution in [0.1, 0.15) is 27.4 Å². The molecular formula is C19H17BrN2O2S. The quantitative estimate of drug-likeness (QED) is 0.549. The van der Waals surface area contributed by atoms with Crippen molar-refractivity contribution < 1.29 is 9.32 Å². The van der Waals surface area contributed by atoms with Crippen molar-refractivity contribution in [2.75, 3.05) is 5.32 Å². The van der Waals surface area contributed by atoms with E-state index in [-0.39, 0.29) is 5.91 Å². The van der Waals surface area contributed by atoms with Crippen molar-refractivity contribution in [1.82, 2.24) is 5.16 Å². The molecule has 0 fully saturated rings. The Morgan fingerprint density at radius 2 is 1.88 bits per heavy atom. The molecule has 0 bridgehead atoms. The molecule has 4 nitrogen and oxygen atoms in total. The van der Waals surface area contributed by atoms with Crippen LogP contribution in [0.2, 0.25) is 0 Å². The highest BCUT2D eigenvalue weighted by Gasteiger charge is 2.14. The topological polar surface area (TPSA) is 55.1 Å². The van der Waals surface area contributed by atoms with Crippen LogP contribution in [0.5, 0.6) is 0 Å². The van der Waals surface area contributed by atoms with Gasteiger partial charge in [-0.05, 0) is 50.2 Å². The predicted molar refractivity (Wildman–Crippen MR) is 104 cm³/mol. The van der Waals surface area contributed by atoms with Gasteiger partial charge in [0.2, 0.25) is 0 Å². The van der Waals surface area contributed by atoms with E-state index in [0.29, 0.717) is 11.3 Å². The Balaban J connectivity index is 1.76. The summed E-state index contributed by atoms with van der Waals surface area (Å²) in [6, 6.07) is 15.1. The number of carbonyl (C=O) groups is 1. The lowest BCUT2D eigenvalue weighted by atomic mass is 10.2. The number of thioether (sulfide) groups is 1. The molecule has 2 aromatic carbocycles. The van der Waals surface area contributed by atoms with Gasteiger partial charge >= 0.3 is 0 Å². The average Bonchev–Trinajstić information content (AvgIpc) is 2.93. The highest BCUT2D eigenvalue weighted by atomic mass is 79.9. The molecule has 3 aromatic rings. The first-order chi connectivity index (χ1) is 12.0. The number of nitrogens with one attached hydrogen (secondary N) is 1. The molecule has 0 spiro atoms. The van der Waals surface area contributed by atoms with Crippen LogP contribution in [-0.4, -0.2) is 11.1 Å². The maximum absolute atomic E-state index is 12.6. The Kier molecular flexibility index (Phi) is 5.60. The summed E-state index contributed by atoms with van der Waals surface area (Å²) < 4.78 is 6.18. The van der Waals surface area contributed by atoms with Crippen molar-refractivity contribution in [3.05, 3.63) is 75.6 Å². The largest absolute Gasteiger partial charge is 0.361 e. The molecule has 1 amide bonds. The second-order valence-corrected chi connectivity index (χ2v) is 7.48. The van der Waals surface area contributed by atoms with E-state index < -0.39 is 0 Å². The van der Waals surface area contributed by atoms with Crippen molar-refractivity contribution in [3.8, 4) is 0 Å². The SMILES string of the molecule is Cc1noc(C)c1CSc1ccccc1C(=O)Nc1ccc(Br)cc1. The van der Waals surface area contributed by atoms with Crippen molar-refractivity contribution in [1.29, 1.82) is 0 Å². The van der Waals surface area contributed by atoms with E-state index in [1.165, 1.54) is 0 Å². The van der Waals surface area contributed by atoms with E-state index in [9.17, 15) is 4.79 Å². The van der Waals surface area contributed by atoms with Crippen LogP contribution < -0.4 is 5.32 Å². The van der Waals surface area contributed by atoms with E-state index in [0.717, 1.165) is 32.1 Å². The van der Waals surface area contributed by atoms with Gasteiger partial charge in [-0.2, -0.15) is 0 Å². The van der Waals surface area contributed by atoms with E-state index >= 15 is 0 Å². The lowest BCUT2D eigenvalue weighted by Gasteiger charge is -2.10. The lowest BCUT2D eigenvalue weighted by molar-refractivity contribution is 0.102. The Hall–Kier alpha value is -2.05. The molecule has 0 atom stereocenters. The number of halogens is 1. The number of carbonyl (C=O) groups excluding carboxylic acids is 1. The normalized spacial score (nSPS) is 10.7. The molecule has 0 saturated heterocycles. The van der Waals surface area contributed by atoms with Crippen LogP contribution in [0.3, 0.4) is 0 Å². The highest BCUT2D eigenvalue weighted by molar-refractivity contribution is 9.10. The molecule has 0 aliphatic rings. The Morgan fingerprint density at radius 3 is 2.56 bits per heavy atom. The van der Waals surface area contributed by atoms with E-state index in [1.807, 2.05) is 62.4 Å². The molecule has 6 heteroatoms. The summed E-state index contributed by atoms with van der Waals surface area (Å²) in [6.07, 6.45) is 0. The maximum atomic E-state index is 12.6. The van der Waals surface area contributed by atoms with Crippen LogP contribution in [0.4, 0.5) is 5.69 Å². The summed E-state index contributed by atoms with van der Waals surface area (Å²) in [6.45, 7) is 3.83. The maximum Gasteiger partial charge on any atom is 0.256 e. The van der Waals surface area contributed by atoms with Gasteiger partial charge in [-0.25, -0.2) is 0 Å². The third-order valence-electron chi connectivity index (χ3n) is 3.79. The molecule has 3 rings (SSSR count). The van der Waals surface area contributed by atoms with E-state index in [1.54, 1.807) is 11.8 Å². The third kappa shape index (κ3) is 4.32. The van der Waals surface area contributed by atoms with E-state index in [2.05, 4.69) is 26.4 Å². The lowest BCUT2D eigenvalue weighted by Crippen LogP contribution is -2.12. The van der Waals surface area contributed by atoms with Gasteiger partial charge in [0.05, 0.1) is 11.3 Å². The summed E-state index contributed by atoms with van der Waals surface area (Å²) in [5.74, 6) is 1.41. The molecule has 1 heterocycles. The molecule has 1 aromatic heterocycles. The van der Waals surface area contributed by atoms with Gasteiger partial charge in [0.25, 0.3) is 5.91 Å². The number of anilines is 1. The Labute approximate surface area is 159 Å². The Bertz CT molecular complexity index is 871. The summed E-state index contributed by atoms with van der Waals surface area (Å²) in [7, 11) is 0. The zero-order chi connectivity index (χ0) is 17.8. The minimum Gasteiger partial charge on any atom is -0.361 e. The first-order valence-corrected chi connectivity index (χ1v) is 9.53. The van der Waals surface area contributed by atoms with E-state index in [4.69, 9.17) is 4.52 Å². The summed E-state index contributed by atoms with van der Waals surface area (Å²) in [4.78, 5) is 13.6. The number of amides is 1. The fourth-order valence-electron chi connectivity index (χ4n) is 2.37. The van der Waals surface area contributed by atoms with Gasteiger partial charge < -0.3 is 9.84 Å². The predicted octanol–water partition coefficient (Wildman–Crippen LogP) is 5.60. The van der Waals surface area contributed by atoms with Crippen LogP contribution in [-0.2, 0) is 5.75 Å². The van der Waals surface area contributed by atoms with Crippen LogP contribution in [0, 0.1) is 13.8 Å². The molecule has 0 aliphatic heterocycles. The van der Waals surface area contributed by atoms with Gasteiger partial charge in [0.1, 0.15) is 5.76 Å². The fourth-order valence-corrected chi connectivity index (χ4v) is 3.84. The van der Waals surface area contributed by atoms with Gasteiger partial charge in [-0.1, -0.05) is 33.2 Å². The number of aromatic nitrogens is 1. The minimum atomic E-state index is -0.121. The Morgan fingerprint density at radius 1 is 1.16 bits per heavy atom. The number of aryl methyl sites for hydroxylation is 2. The second kappa shape index (κ2) is 7.89. The average molecular weight is 417 g/mol. The third-order valence-corrected chi connectivity index (χ3v) is 5.42. The molecular weight excluding hydrogens is 400 g/mol. The van der Waals surface area contributed by atoms with Crippen molar-refractivity contribution in [3.63, 3.8) is 0 Å². The second-order valence-electron chi connectivity index (χ2n) is 5.55. The summed E-state index contributed by atoms with van der Waals surface area (Å²) >= 11 is 5.00. The van der Waals surface area contributed by atoms with Crippen LogP contribution in [0.15, 0.2) is 62.4 Å². The minimum absolute atomic E-state index is 0.121. The summed E-state index contributed by atoms with van der Waals surface area (Å²) in [5, 5.41) is 6.92. The number of hydrogen-bond donors (Lipinski definition) is 1. The molecule has 0 aliphatic carbocycles. The molecule has 0 saturated carbocycles. The monoisotopic (exact) mass is 416 g/mol. The molecule has 128 valence electrons. The molecule has 1 N–H and O–H groups in total. The molecule has 25 heavy (non-hydrogen) atoms. The number of rotatable bonds is 5. The van der Waals surface area contributed by atoms with Gasteiger partial charge in [-0.3, -0.25) is 4.79 Å². The molecule has 0 radical (unpaired) electrons. The van der Waals surface area contributed by atoms with Crippen molar-refractivity contribution >= 4 is 39.3 Å². The zero-order valence-corrected chi connectivity index (χ0v) is 16.3. The number of hydrogen-bond acceptors (Lipinski definition) is 4. The summed E-state index contributed by atoms with van der Waals surface area (Å²) in [5.41, 5.74) is 3.39. The first-order valence-electron chi connectivity index (χ1n) is 7.75. The van der Waals surface area contributed by atoms with Crippen LogP contribution >= 0.6 is 27.7 Å². The van der Waals surface area contributed by atoms with Crippen molar-refractivity contribution in [2.45, 2.75) is 24.5 Å². The van der Waals surface area contributed by atoms with Gasteiger partial charge in [0, 0.05) is 26.4 Å². The zero-order valence-electron chi connectivity index (χ0n) is 13.9. The van der Waals surface area contributed by atoms with Crippen molar-refractivity contribution in [2.24, 2.45) is 0 Å². The smallest absolute Gasteiger partial charge is 0.256 e. The first kappa shape index (κ1) is 17.8. The fraction of sp³-hybridized carbons (Fsp3) is 0.158. The highest BCUT2D eigenvalue weighted by Crippen LogP contribution is 2.29. The van der Waals surface area contributed by atoms with Crippen LogP contribution in [0.25, 0.3) is 0 Å². The number of benzene rings is 2. The standard InChI is InChI=1S/C19H17BrN2O2S/c1-12-17(13(2)24-22-12)11-25-18-6-4-3-5-16(18)19(23)21-15-9-7-14(20)8-10-15/h3-10H,11H2,1-2H3,(H,21,23). The number of nitrogens with zero attached hydrogens (tertiary/aromatic N) is 1. The van der Waals surface area contributed by atoms with Gasteiger partial charge in [-0.15, -0.1) is 11.8 Å². The van der Waals surface area contributed by atoms with Gasteiger partial charge in [0.15, 0.2) is 0 Å². The molecule has 0 unspecified atom stereocenters.